The van der Waals surface area contributed by atoms with E-state index in [0.717, 1.165) is 26.1 Å². The van der Waals surface area contributed by atoms with Crippen LogP contribution in [0.1, 0.15) is 22.7 Å². The molecule has 0 amide bonds. The highest BCUT2D eigenvalue weighted by Gasteiger charge is 2.31. The molecule has 0 aliphatic carbocycles. The highest BCUT2D eigenvalue weighted by Crippen LogP contribution is 2.38. The van der Waals surface area contributed by atoms with Crippen LogP contribution >= 0.6 is 0 Å². The highest BCUT2D eigenvalue weighted by molar-refractivity contribution is 5.89. The van der Waals surface area contributed by atoms with Crippen molar-refractivity contribution in [3.63, 3.8) is 0 Å². The Morgan fingerprint density at radius 2 is 1.54 bits per heavy atom. The predicted molar refractivity (Wildman–Crippen MR) is 108 cm³/mol. The molecule has 0 aromatic heterocycles. The third-order valence-corrected chi connectivity index (χ3v) is 5.05. The molecule has 0 radical (unpaired) electrons. The quantitative estimate of drug-likeness (QED) is 0.780. The van der Waals surface area contributed by atoms with Crippen molar-refractivity contribution in [3.05, 3.63) is 77.4 Å². The normalized spacial score (nSPS) is 18.2. The second-order valence-corrected chi connectivity index (χ2v) is 6.99. The third kappa shape index (κ3) is 4.58. The number of para-hydroxylation sites is 1. The molecule has 0 bridgehead atoms. The first-order valence-corrected chi connectivity index (χ1v) is 9.20. The minimum Gasteiger partial charge on any atom is -0.478 e. The summed E-state index contributed by atoms with van der Waals surface area (Å²) in [6.45, 7) is 3.38. The van der Waals surface area contributed by atoms with Gasteiger partial charge in [0.05, 0.1) is 6.04 Å². The molecule has 1 unspecified atom stereocenters. The molecular formula is C22H24N2O4. The van der Waals surface area contributed by atoms with Crippen LogP contribution in [0.25, 0.3) is 0 Å². The summed E-state index contributed by atoms with van der Waals surface area (Å²) in [7, 11) is 2.23. The number of aliphatic carboxylic acids is 2. The highest BCUT2D eigenvalue weighted by atomic mass is 16.4. The molecule has 0 saturated carbocycles. The van der Waals surface area contributed by atoms with Crippen LogP contribution in [-0.4, -0.2) is 53.7 Å². The van der Waals surface area contributed by atoms with Crippen molar-refractivity contribution < 1.29 is 19.8 Å². The fraction of sp³-hybridized carbons (Fsp3) is 0.273. The number of carboxylic acids is 2. The number of likely N-dealkylation sites (N-methyl/N-ethyl adjacent to an activating group) is 1. The van der Waals surface area contributed by atoms with Crippen LogP contribution in [0.4, 0.5) is 5.69 Å². The van der Waals surface area contributed by atoms with E-state index in [9.17, 15) is 9.59 Å². The first-order chi connectivity index (χ1) is 13.5. The summed E-state index contributed by atoms with van der Waals surface area (Å²) in [5.74, 6) is -2.51. The summed E-state index contributed by atoms with van der Waals surface area (Å²) in [5, 5.41) is 15.6. The van der Waals surface area contributed by atoms with E-state index in [2.05, 4.69) is 65.4 Å². The van der Waals surface area contributed by atoms with Crippen LogP contribution < -0.4 is 4.90 Å². The second-order valence-electron chi connectivity index (χ2n) is 6.99. The van der Waals surface area contributed by atoms with E-state index in [1.807, 2.05) is 0 Å². The van der Waals surface area contributed by atoms with Gasteiger partial charge in [0.25, 0.3) is 0 Å². The first kappa shape index (κ1) is 19.6. The smallest absolute Gasteiger partial charge is 0.328 e. The van der Waals surface area contributed by atoms with Crippen molar-refractivity contribution in [3.8, 4) is 0 Å². The first-order valence-electron chi connectivity index (χ1n) is 9.20. The van der Waals surface area contributed by atoms with Gasteiger partial charge < -0.3 is 20.0 Å². The van der Waals surface area contributed by atoms with Gasteiger partial charge in [0, 0.05) is 37.5 Å². The molecule has 2 aromatic carbocycles. The number of piperazine rings is 1. The summed E-state index contributed by atoms with van der Waals surface area (Å²) >= 11 is 0. The van der Waals surface area contributed by atoms with E-state index in [1.54, 1.807) is 0 Å². The van der Waals surface area contributed by atoms with Gasteiger partial charge in [0.15, 0.2) is 0 Å². The lowest BCUT2D eigenvalue weighted by Gasteiger charge is -2.41. The van der Waals surface area contributed by atoms with E-state index in [0.29, 0.717) is 18.2 Å². The SMILES string of the molecule is CN1CCN2c3ccccc3Cc3ccccc3C2C1.O=C(O)C=CC(=O)O. The van der Waals surface area contributed by atoms with Crippen molar-refractivity contribution in [1.29, 1.82) is 0 Å². The van der Waals surface area contributed by atoms with Gasteiger partial charge in [0.2, 0.25) is 0 Å². The van der Waals surface area contributed by atoms with E-state index >= 15 is 0 Å². The van der Waals surface area contributed by atoms with Gasteiger partial charge in [-0.1, -0.05) is 42.5 Å². The van der Waals surface area contributed by atoms with Crippen molar-refractivity contribution >= 4 is 17.6 Å². The maximum absolute atomic E-state index is 9.55. The van der Waals surface area contributed by atoms with Crippen LogP contribution in [0.15, 0.2) is 60.7 Å². The number of carboxylic acid groups (broad SMARTS) is 2. The van der Waals surface area contributed by atoms with Gasteiger partial charge in [-0.2, -0.15) is 0 Å². The Morgan fingerprint density at radius 1 is 0.929 bits per heavy atom. The minimum atomic E-state index is -1.26. The van der Waals surface area contributed by atoms with Gasteiger partial charge in [0.1, 0.15) is 0 Å². The Labute approximate surface area is 164 Å². The Hall–Kier alpha value is -3.12. The fourth-order valence-corrected chi connectivity index (χ4v) is 3.78. The molecule has 1 fully saturated rings. The predicted octanol–water partition coefficient (Wildman–Crippen LogP) is 2.80. The number of hydrogen-bond donors (Lipinski definition) is 2. The molecular weight excluding hydrogens is 356 g/mol. The standard InChI is InChI=1S/C18H20N2.C4H4O4/c1-19-10-11-20-17-9-5-3-7-15(17)12-14-6-2-4-8-16(14)18(20)13-19;5-3(6)1-2-4(7)8/h2-9,18H,10-13H2,1H3;1-2H,(H,5,6)(H,7,8). The zero-order valence-electron chi connectivity index (χ0n) is 15.8. The van der Waals surface area contributed by atoms with Crippen LogP contribution in [0.3, 0.4) is 0 Å². The number of rotatable bonds is 2. The van der Waals surface area contributed by atoms with E-state index < -0.39 is 11.9 Å². The molecule has 28 heavy (non-hydrogen) atoms. The van der Waals surface area contributed by atoms with Crippen LogP contribution in [0.2, 0.25) is 0 Å². The number of hydrogen-bond acceptors (Lipinski definition) is 4. The molecule has 2 aromatic rings. The zero-order valence-corrected chi connectivity index (χ0v) is 15.8. The number of nitrogens with zero attached hydrogens (tertiary/aromatic N) is 2. The topological polar surface area (TPSA) is 81.1 Å². The van der Waals surface area contributed by atoms with Gasteiger partial charge in [-0.05, 0) is 36.2 Å². The largest absolute Gasteiger partial charge is 0.478 e. The number of fused-ring (bicyclic) bond motifs is 5. The second kappa shape index (κ2) is 8.71. The number of benzene rings is 2. The lowest BCUT2D eigenvalue weighted by Crippen LogP contribution is -2.46. The Morgan fingerprint density at radius 3 is 2.21 bits per heavy atom. The molecule has 1 saturated heterocycles. The summed E-state index contributed by atoms with van der Waals surface area (Å²) in [4.78, 5) is 24.2. The van der Waals surface area contributed by atoms with Crippen LogP contribution in [-0.2, 0) is 16.0 Å². The molecule has 2 N–H and O–H groups in total. The number of carbonyl (C=O) groups is 2. The van der Waals surface area contributed by atoms with Crippen molar-refractivity contribution in [1.82, 2.24) is 4.90 Å². The molecule has 6 heteroatoms. The van der Waals surface area contributed by atoms with Crippen LogP contribution in [0.5, 0.6) is 0 Å². The Balaban J connectivity index is 0.000000242. The maximum Gasteiger partial charge on any atom is 0.328 e. The average molecular weight is 380 g/mol. The minimum absolute atomic E-state index is 0.494. The Kier molecular flexibility index (Phi) is 6.11. The van der Waals surface area contributed by atoms with Crippen molar-refractivity contribution in [2.45, 2.75) is 12.5 Å². The zero-order chi connectivity index (χ0) is 20.1. The summed E-state index contributed by atoms with van der Waals surface area (Å²) in [6, 6.07) is 18.4. The lowest BCUT2D eigenvalue weighted by molar-refractivity contribution is -0.134. The molecule has 1 atom stereocenters. The van der Waals surface area contributed by atoms with E-state index in [4.69, 9.17) is 10.2 Å². The molecule has 6 nitrogen and oxygen atoms in total. The van der Waals surface area contributed by atoms with Gasteiger partial charge in [-0.25, -0.2) is 9.59 Å². The lowest BCUT2D eigenvalue weighted by atomic mass is 9.96. The van der Waals surface area contributed by atoms with E-state index in [1.165, 1.54) is 22.4 Å². The molecule has 2 heterocycles. The van der Waals surface area contributed by atoms with Gasteiger partial charge >= 0.3 is 11.9 Å². The average Bonchev–Trinajstić information content (AvgIpc) is 2.81. The molecule has 0 spiro atoms. The third-order valence-electron chi connectivity index (χ3n) is 5.05. The maximum atomic E-state index is 9.55. The van der Waals surface area contributed by atoms with Crippen molar-refractivity contribution in [2.24, 2.45) is 0 Å². The number of anilines is 1. The van der Waals surface area contributed by atoms with Gasteiger partial charge in [-0.3, -0.25) is 0 Å². The summed E-state index contributed by atoms with van der Waals surface area (Å²) < 4.78 is 0. The summed E-state index contributed by atoms with van der Waals surface area (Å²) in [6.07, 6.45) is 2.17. The molecule has 2 aliphatic rings. The molecule has 146 valence electrons. The monoisotopic (exact) mass is 380 g/mol. The van der Waals surface area contributed by atoms with E-state index in [-0.39, 0.29) is 0 Å². The molecule has 2 aliphatic heterocycles. The van der Waals surface area contributed by atoms with Gasteiger partial charge in [-0.15, -0.1) is 0 Å². The fourth-order valence-electron chi connectivity index (χ4n) is 3.78. The Bertz CT molecular complexity index is 878. The molecule has 4 rings (SSSR count). The van der Waals surface area contributed by atoms with Crippen LogP contribution in [0, 0.1) is 0 Å². The van der Waals surface area contributed by atoms with Crippen molar-refractivity contribution in [2.75, 3.05) is 31.6 Å². The summed E-state index contributed by atoms with van der Waals surface area (Å²) in [5.41, 5.74) is 5.90.